The van der Waals surface area contributed by atoms with Crippen LogP contribution < -0.4 is 5.32 Å². The fraction of sp³-hybridized carbons (Fsp3) is 0.318. The molecule has 8 nitrogen and oxygen atoms in total. The molecule has 2 heterocycles. The monoisotopic (exact) mass is 409 g/mol. The lowest BCUT2D eigenvalue weighted by Gasteiger charge is -2.38. The molecule has 1 N–H and O–H groups in total. The van der Waals surface area contributed by atoms with Gasteiger partial charge in [-0.15, -0.1) is 0 Å². The van der Waals surface area contributed by atoms with E-state index in [4.69, 9.17) is 9.47 Å². The summed E-state index contributed by atoms with van der Waals surface area (Å²) >= 11 is 0. The van der Waals surface area contributed by atoms with Gasteiger partial charge in [-0.3, -0.25) is 20.3 Å². The highest BCUT2D eigenvalue weighted by Crippen LogP contribution is 2.33. The zero-order valence-electron chi connectivity index (χ0n) is 16.5. The quantitative estimate of drug-likeness (QED) is 0.576. The number of nitrogens with one attached hydrogen (secondary N) is 1. The third-order valence-corrected chi connectivity index (χ3v) is 5.38. The number of rotatable bonds is 6. The molecule has 0 spiro atoms. The van der Waals surface area contributed by atoms with Gasteiger partial charge in [-0.05, 0) is 29.7 Å². The number of benzene rings is 2. The van der Waals surface area contributed by atoms with Crippen molar-refractivity contribution in [2.75, 3.05) is 31.6 Å². The van der Waals surface area contributed by atoms with E-state index in [-0.39, 0.29) is 12.3 Å². The Labute approximate surface area is 174 Å². The van der Waals surface area contributed by atoms with Crippen molar-refractivity contribution < 1.29 is 19.2 Å². The summed E-state index contributed by atoms with van der Waals surface area (Å²) in [5, 5.41) is 14.2. The third-order valence-electron chi connectivity index (χ3n) is 5.38. The minimum Gasteiger partial charge on any atom is -0.444 e. The van der Waals surface area contributed by atoms with Crippen molar-refractivity contribution in [2.45, 2.75) is 19.1 Å². The van der Waals surface area contributed by atoms with E-state index in [2.05, 4.69) is 10.2 Å². The highest BCUT2D eigenvalue weighted by Gasteiger charge is 2.28. The summed E-state index contributed by atoms with van der Waals surface area (Å²) in [6.45, 7) is 3.24. The van der Waals surface area contributed by atoms with Gasteiger partial charge >= 0.3 is 6.09 Å². The van der Waals surface area contributed by atoms with Gasteiger partial charge in [-0.25, -0.2) is 4.79 Å². The lowest BCUT2D eigenvalue weighted by molar-refractivity contribution is -0.385. The Hall–Kier alpha value is -3.23. The zero-order chi connectivity index (χ0) is 20.9. The number of ether oxygens (including phenoxy) is 2. The smallest absolute Gasteiger partial charge is 0.411 e. The molecule has 0 aromatic heterocycles. The second-order valence-electron chi connectivity index (χ2n) is 7.34. The Balaban J connectivity index is 1.42. The van der Waals surface area contributed by atoms with E-state index in [1.165, 1.54) is 6.07 Å². The number of carbonyl (C=O) groups excluding carboxylic acids is 1. The van der Waals surface area contributed by atoms with Crippen LogP contribution in [0.25, 0.3) is 5.57 Å². The van der Waals surface area contributed by atoms with Crippen LogP contribution in [-0.4, -0.2) is 48.3 Å². The third kappa shape index (κ3) is 4.67. The van der Waals surface area contributed by atoms with Gasteiger partial charge in [0.1, 0.15) is 6.61 Å². The summed E-state index contributed by atoms with van der Waals surface area (Å²) in [6.07, 6.45) is 2.13. The highest BCUT2D eigenvalue weighted by molar-refractivity contribution is 5.86. The van der Waals surface area contributed by atoms with E-state index in [9.17, 15) is 14.9 Å². The first-order chi connectivity index (χ1) is 14.6. The fourth-order valence-electron chi connectivity index (χ4n) is 3.60. The molecule has 156 valence electrons. The predicted molar refractivity (Wildman–Crippen MR) is 112 cm³/mol. The van der Waals surface area contributed by atoms with Crippen LogP contribution in [0.5, 0.6) is 0 Å². The van der Waals surface area contributed by atoms with Gasteiger partial charge in [0.25, 0.3) is 5.69 Å². The number of nitrogens with zero attached hydrogens (tertiary/aromatic N) is 2. The molecule has 1 fully saturated rings. The molecule has 0 radical (unpaired) electrons. The molecule has 2 aromatic rings. The first kappa shape index (κ1) is 20.1. The SMILES string of the molecule is O=C(Nc1ccc(C2=CCN(C3COC3)CC2)c([N+](=O)[O-])c1)OCc1ccccc1. The molecule has 1 saturated heterocycles. The number of amides is 1. The van der Waals surface area contributed by atoms with Crippen molar-refractivity contribution in [1.82, 2.24) is 4.90 Å². The largest absolute Gasteiger partial charge is 0.444 e. The number of hydrogen-bond acceptors (Lipinski definition) is 6. The van der Waals surface area contributed by atoms with Gasteiger partial charge in [-0.2, -0.15) is 0 Å². The van der Waals surface area contributed by atoms with Crippen LogP contribution in [0.1, 0.15) is 17.5 Å². The Kier molecular flexibility index (Phi) is 6.06. The van der Waals surface area contributed by atoms with E-state index in [1.54, 1.807) is 12.1 Å². The van der Waals surface area contributed by atoms with Crippen molar-refractivity contribution in [2.24, 2.45) is 0 Å². The summed E-state index contributed by atoms with van der Waals surface area (Å²) in [7, 11) is 0. The average Bonchev–Trinajstić information content (AvgIpc) is 2.72. The Morgan fingerprint density at radius 2 is 2.03 bits per heavy atom. The van der Waals surface area contributed by atoms with E-state index in [0.717, 1.165) is 43.9 Å². The molecule has 30 heavy (non-hydrogen) atoms. The maximum absolute atomic E-state index is 12.1. The van der Waals surface area contributed by atoms with Crippen LogP contribution >= 0.6 is 0 Å². The van der Waals surface area contributed by atoms with Crippen LogP contribution in [0.2, 0.25) is 0 Å². The highest BCUT2D eigenvalue weighted by atomic mass is 16.6. The molecule has 0 saturated carbocycles. The van der Waals surface area contributed by atoms with Crippen molar-refractivity contribution in [3.8, 4) is 0 Å². The lowest BCUT2D eigenvalue weighted by Crippen LogP contribution is -2.50. The van der Waals surface area contributed by atoms with Crippen molar-refractivity contribution in [1.29, 1.82) is 0 Å². The van der Waals surface area contributed by atoms with Gasteiger partial charge in [-0.1, -0.05) is 36.4 Å². The minimum atomic E-state index is -0.656. The molecule has 2 aromatic carbocycles. The van der Waals surface area contributed by atoms with Gasteiger partial charge in [0, 0.05) is 19.2 Å². The predicted octanol–water partition coefficient (Wildman–Crippen LogP) is 3.83. The number of anilines is 1. The summed E-state index contributed by atoms with van der Waals surface area (Å²) in [5.74, 6) is 0. The maximum Gasteiger partial charge on any atom is 0.411 e. The molecule has 8 heteroatoms. The molecule has 0 atom stereocenters. The van der Waals surface area contributed by atoms with Crippen LogP contribution in [0, 0.1) is 10.1 Å². The van der Waals surface area contributed by atoms with Crippen molar-refractivity contribution in [3.05, 3.63) is 75.8 Å². The van der Waals surface area contributed by atoms with Crippen LogP contribution in [0.3, 0.4) is 0 Å². The summed E-state index contributed by atoms with van der Waals surface area (Å²) in [5.41, 5.74) is 2.71. The van der Waals surface area contributed by atoms with Crippen LogP contribution in [0.4, 0.5) is 16.2 Å². The summed E-state index contributed by atoms with van der Waals surface area (Å²) < 4.78 is 10.4. The average molecular weight is 409 g/mol. The summed E-state index contributed by atoms with van der Waals surface area (Å²) in [4.78, 5) is 25.6. The van der Waals surface area contributed by atoms with Gasteiger partial charge in [0.05, 0.1) is 35.4 Å². The normalized spacial score (nSPS) is 17.0. The Morgan fingerprint density at radius 1 is 1.23 bits per heavy atom. The molecule has 0 bridgehead atoms. The van der Waals surface area contributed by atoms with Crippen LogP contribution in [-0.2, 0) is 16.1 Å². The van der Waals surface area contributed by atoms with Gasteiger partial charge < -0.3 is 9.47 Å². The number of nitro benzene ring substituents is 1. The molecule has 2 aliphatic rings. The zero-order valence-corrected chi connectivity index (χ0v) is 16.5. The van der Waals surface area contributed by atoms with Crippen molar-refractivity contribution >= 4 is 23.0 Å². The molecular weight excluding hydrogens is 386 g/mol. The Morgan fingerprint density at radius 3 is 2.67 bits per heavy atom. The number of carbonyl (C=O) groups is 1. The molecule has 2 aliphatic heterocycles. The Bertz CT molecular complexity index is 957. The van der Waals surface area contributed by atoms with Crippen LogP contribution in [0.15, 0.2) is 54.6 Å². The minimum absolute atomic E-state index is 0.0254. The van der Waals surface area contributed by atoms with E-state index < -0.39 is 11.0 Å². The molecule has 0 aliphatic carbocycles. The standard InChI is InChI=1S/C22H23N3O5/c26-22(30-13-16-4-2-1-3-5-16)23-18-6-7-20(21(12-18)25(27)28)17-8-10-24(11-9-17)19-14-29-15-19/h1-8,12,19H,9-11,13-15H2,(H,23,26). The lowest BCUT2D eigenvalue weighted by atomic mass is 9.96. The molecule has 0 unspecified atom stereocenters. The van der Waals surface area contributed by atoms with E-state index in [1.807, 2.05) is 36.4 Å². The summed E-state index contributed by atoms with van der Waals surface area (Å²) in [6, 6.07) is 14.5. The second kappa shape index (κ2) is 9.06. The number of nitro groups is 1. The number of hydrogen-bond donors (Lipinski definition) is 1. The topological polar surface area (TPSA) is 93.9 Å². The van der Waals surface area contributed by atoms with Crippen molar-refractivity contribution in [3.63, 3.8) is 0 Å². The van der Waals surface area contributed by atoms with Gasteiger partial charge in [0.15, 0.2) is 0 Å². The second-order valence-corrected chi connectivity index (χ2v) is 7.34. The first-order valence-electron chi connectivity index (χ1n) is 9.87. The van der Waals surface area contributed by atoms with E-state index in [0.29, 0.717) is 17.3 Å². The molecular formula is C22H23N3O5. The molecule has 4 rings (SSSR count). The van der Waals surface area contributed by atoms with E-state index >= 15 is 0 Å². The molecule has 1 amide bonds. The first-order valence-corrected chi connectivity index (χ1v) is 9.87. The maximum atomic E-state index is 12.1. The van der Waals surface area contributed by atoms with Gasteiger partial charge in [0.2, 0.25) is 0 Å². The fourth-order valence-corrected chi connectivity index (χ4v) is 3.60.